The molecule has 0 aliphatic carbocycles. The second-order valence-corrected chi connectivity index (χ2v) is 9.38. The van der Waals surface area contributed by atoms with Crippen molar-refractivity contribution in [3.8, 4) is 12.1 Å². The highest BCUT2D eigenvalue weighted by Crippen LogP contribution is 2.41. The van der Waals surface area contributed by atoms with E-state index < -0.39 is 23.9 Å². The predicted molar refractivity (Wildman–Crippen MR) is 145 cm³/mol. The van der Waals surface area contributed by atoms with Crippen molar-refractivity contribution in [2.24, 2.45) is 0 Å². The molecule has 0 bridgehead atoms. The Morgan fingerprint density at radius 1 is 0.846 bits per heavy atom. The van der Waals surface area contributed by atoms with Gasteiger partial charge in [0.1, 0.15) is 42.3 Å². The van der Waals surface area contributed by atoms with Crippen LogP contribution in [-0.2, 0) is 43.5 Å². The number of nitrogens with zero attached hydrogens (tertiary/aromatic N) is 2. The van der Waals surface area contributed by atoms with Crippen molar-refractivity contribution in [2.45, 2.75) is 50.7 Å². The second-order valence-electron chi connectivity index (χ2n) is 9.38. The zero-order chi connectivity index (χ0) is 27.3. The highest BCUT2D eigenvalue weighted by atomic mass is 16.6. The van der Waals surface area contributed by atoms with Crippen molar-refractivity contribution in [1.29, 1.82) is 10.5 Å². The molecule has 200 valence electrons. The summed E-state index contributed by atoms with van der Waals surface area (Å²) in [6, 6.07) is 33.6. The van der Waals surface area contributed by atoms with Gasteiger partial charge in [-0.1, -0.05) is 91.0 Å². The Bertz CT molecular complexity index is 1270. The Balaban J connectivity index is 1.61. The van der Waals surface area contributed by atoms with Crippen molar-refractivity contribution in [2.75, 3.05) is 13.2 Å². The normalized spacial score (nSPS) is 22.6. The molecule has 4 atom stereocenters. The third-order valence-corrected chi connectivity index (χ3v) is 6.56. The van der Waals surface area contributed by atoms with Crippen molar-refractivity contribution < 1.29 is 23.7 Å². The van der Waals surface area contributed by atoms with Gasteiger partial charge >= 0.3 is 0 Å². The van der Waals surface area contributed by atoms with Crippen LogP contribution < -0.4 is 0 Å². The lowest BCUT2D eigenvalue weighted by molar-refractivity contribution is -0.142. The highest BCUT2D eigenvalue weighted by molar-refractivity contribution is 5.31. The first-order valence-corrected chi connectivity index (χ1v) is 12.8. The first-order chi connectivity index (χ1) is 19.1. The van der Waals surface area contributed by atoms with Crippen LogP contribution in [0.1, 0.15) is 23.6 Å². The molecule has 0 spiro atoms. The molecule has 4 rings (SSSR count). The molecule has 0 aromatic heterocycles. The molecule has 3 aromatic rings. The van der Waals surface area contributed by atoms with Gasteiger partial charge in [0, 0.05) is 0 Å². The van der Waals surface area contributed by atoms with E-state index >= 15 is 0 Å². The van der Waals surface area contributed by atoms with Crippen LogP contribution in [0, 0.1) is 22.7 Å². The number of hydrogen-bond donors (Lipinski definition) is 0. The molecule has 0 radical (unpaired) electrons. The quantitative estimate of drug-likeness (QED) is 0.166. The van der Waals surface area contributed by atoms with Crippen molar-refractivity contribution >= 4 is 0 Å². The zero-order valence-corrected chi connectivity index (χ0v) is 21.9. The lowest BCUT2D eigenvalue weighted by Crippen LogP contribution is -2.50. The highest BCUT2D eigenvalue weighted by Gasteiger charge is 2.57. The first kappa shape index (κ1) is 28.0. The summed E-state index contributed by atoms with van der Waals surface area (Å²) in [5.41, 5.74) is 2.16. The van der Waals surface area contributed by atoms with Crippen LogP contribution in [-0.4, -0.2) is 37.1 Å². The van der Waals surface area contributed by atoms with E-state index in [9.17, 15) is 5.26 Å². The molecule has 1 heterocycles. The maximum absolute atomic E-state index is 10.0. The molecule has 1 fully saturated rings. The van der Waals surface area contributed by atoms with Gasteiger partial charge < -0.3 is 23.7 Å². The average Bonchev–Trinajstić information content (AvgIpc) is 3.25. The minimum atomic E-state index is -1.07. The van der Waals surface area contributed by atoms with Gasteiger partial charge in [0.2, 0.25) is 0 Å². The lowest BCUT2D eigenvalue weighted by Gasteiger charge is -2.35. The Kier molecular flexibility index (Phi) is 10.2. The summed E-state index contributed by atoms with van der Waals surface area (Å²) in [4.78, 5) is 0. The van der Waals surface area contributed by atoms with E-state index in [1.807, 2.05) is 104 Å². The average molecular weight is 525 g/mol. The Morgan fingerprint density at radius 3 is 1.97 bits per heavy atom. The van der Waals surface area contributed by atoms with Crippen molar-refractivity contribution in [3.05, 3.63) is 120 Å². The Hall–Kier alpha value is -3.98. The number of ether oxygens (including phenoxy) is 5. The van der Waals surface area contributed by atoms with Gasteiger partial charge in [-0.25, -0.2) is 0 Å². The van der Waals surface area contributed by atoms with Crippen LogP contribution in [0.25, 0.3) is 0 Å². The van der Waals surface area contributed by atoms with E-state index in [1.165, 1.54) is 6.26 Å². The standard InChI is InChI=1S/C32H32N2O5/c1-32(38-22-27-15-9-4-10-16-27)30(28(19-34)23-35-18-17-33)39-29(24-36-20-25-11-5-2-6-12-25)31(32)37-21-26-13-7-3-8-14-26/h2-16,23,29-31H,18,20-22,24H2,1H3/t29-,30?,31-,32+/m1/s1. The van der Waals surface area contributed by atoms with Crippen LogP contribution >= 0.6 is 0 Å². The number of benzene rings is 3. The van der Waals surface area contributed by atoms with Crippen molar-refractivity contribution in [3.63, 3.8) is 0 Å². The molecule has 1 unspecified atom stereocenters. The predicted octanol–water partition coefficient (Wildman–Crippen LogP) is 5.48. The van der Waals surface area contributed by atoms with E-state index in [1.54, 1.807) is 0 Å². The third kappa shape index (κ3) is 7.54. The summed E-state index contributed by atoms with van der Waals surface area (Å²) in [5, 5.41) is 18.9. The summed E-state index contributed by atoms with van der Waals surface area (Å²) in [5.74, 6) is 0. The fourth-order valence-corrected chi connectivity index (χ4v) is 4.59. The van der Waals surface area contributed by atoms with E-state index in [0.29, 0.717) is 13.2 Å². The summed E-state index contributed by atoms with van der Waals surface area (Å²) in [6.45, 7) is 2.97. The van der Waals surface area contributed by atoms with Gasteiger partial charge in [-0.05, 0) is 23.6 Å². The van der Waals surface area contributed by atoms with Crippen LogP contribution in [0.5, 0.6) is 0 Å². The van der Waals surface area contributed by atoms with Crippen LogP contribution in [0.15, 0.2) is 103 Å². The van der Waals surface area contributed by atoms with E-state index in [2.05, 4.69) is 6.07 Å². The number of hydrogen-bond acceptors (Lipinski definition) is 7. The van der Waals surface area contributed by atoms with E-state index in [4.69, 9.17) is 28.9 Å². The number of rotatable bonds is 13. The molecule has 1 aliphatic rings. The number of nitriles is 2. The van der Waals surface area contributed by atoms with Gasteiger partial charge in [-0.3, -0.25) is 0 Å². The SMILES string of the molecule is C[C@]1(OCc2ccccc2)C(C(C#N)=COCC#N)O[C@H](COCc2ccccc2)[C@H]1OCc1ccccc1. The van der Waals surface area contributed by atoms with Gasteiger partial charge in [0.15, 0.2) is 6.61 Å². The van der Waals surface area contributed by atoms with Gasteiger partial charge in [-0.2, -0.15) is 10.5 Å². The Morgan fingerprint density at radius 2 is 1.41 bits per heavy atom. The smallest absolute Gasteiger partial charge is 0.173 e. The monoisotopic (exact) mass is 524 g/mol. The first-order valence-electron chi connectivity index (χ1n) is 12.8. The second kappa shape index (κ2) is 14.2. The minimum absolute atomic E-state index is 0.183. The molecular weight excluding hydrogens is 492 g/mol. The topological polar surface area (TPSA) is 93.7 Å². The summed E-state index contributed by atoms with van der Waals surface area (Å²) >= 11 is 0. The van der Waals surface area contributed by atoms with E-state index in [0.717, 1.165) is 16.7 Å². The van der Waals surface area contributed by atoms with Crippen molar-refractivity contribution in [1.82, 2.24) is 0 Å². The molecule has 1 aliphatic heterocycles. The van der Waals surface area contributed by atoms with Gasteiger partial charge in [0.05, 0.1) is 32.0 Å². The Labute approximate surface area is 229 Å². The molecule has 0 amide bonds. The van der Waals surface area contributed by atoms with Crippen LogP contribution in [0.2, 0.25) is 0 Å². The molecule has 7 nitrogen and oxygen atoms in total. The summed E-state index contributed by atoms with van der Waals surface area (Å²) in [6.07, 6.45) is -0.638. The van der Waals surface area contributed by atoms with Crippen LogP contribution in [0.4, 0.5) is 0 Å². The molecule has 7 heteroatoms. The molecular formula is C32H32N2O5. The molecule has 3 aromatic carbocycles. The maximum atomic E-state index is 10.0. The zero-order valence-electron chi connectivity index (χ0n) is 21.9. The minimum Gasteiger partial charge on any atom is -0.485 e. The fourth-order valence-electron chi connectivity index (χ4n) is 4.59. The lowest BCUT2D eigenvalue weighted by atomic mass is 9.88. The summed E-state index contributed by atoms with van der Waals surface area (Å²) in [7, 11) is 0. The maximum Gasteiger partial charge on any atom is 0.173 e. The van der Waals surface area contributed by atoms with E-state index in [-0.39, 0.29) is 25.4 Å². The molecule has 39 heavy (non-hydrogen) atoms. The largest absolute Gasteiger partial charge is 0.485 e. The molecule has 0 N–H and O–H groups in total. The molecule has 1 saturated heterocycles. The third-order valence-electron chi connectivity index (χ3n) is 6.56. The van der Waals surface area contributed by atoms with Crippen LogP contribution in [0.3, 0.4) is 0 Å². The molecule has 0 saturated carbocycles. The fraction of sp³-hybridized carbons (Fsp3) is 0.312. The van der Waals surface area contributed by atoms with Gasteiger partial charge in [-0.15, -0.1) is 0 Å². The summed E-state index contributed by atoms with van der Waals surface area (Å²) < 4.78 is 30.9. The van der Waals surface area contributed by atoms with Gasteiger partial charge in [0.25, 0.3) is 0 Å².